The van der Waals surface area contributed by atoms with Crippen molar-refractivity contribution < 1.29 is 9.90 Å². The molecule has 2 heterocycles. The molecule has 5 N–H and O–H groups in total. The summed E-state index contributed by atoms with van der Waals surface area (Å²) >= 11 is 0. The summed E-state index contributed by atoms with van der Waals surface area (Å²) in [5, 5.41) is 16.5. The topological polar surface area (TPSA) is 146 Å². The smallest absolute Gasteiger partial charge is 0.320 e. The van der Waals surface area contributed by atoms with Gasteiger partial charge in [0, 0.05) is 6.54 Å². The maximum atomic E-state index is 10.6. The second-order valence-corrected chi connectivity index (χ2v) is 4.18. The highest BCUT2D eigenvalue weighted by Crippen LogP contribution is 2.13. The molecule has 0 saturated heterocycles. The predicted octanol–water partition coefficient (Wildman–Crippen LogP) is -0.614. The zero-order chi connectivity index (χ0) is 13.8. The molecule has 0 saturated carbocycles. The summed E-state index contributed by atoms with van der Waals surface area (Å²) in [7, 11) is 0. The van der Waals surface area contributed by atoms with Crippen molar-refractivity contribution >= 4 is 23.0 Å². The lowest BCUT2D eigenvalue weighted by Crippen LogP contribution is -2.29. The third kappa shape index (κ3) is 2.94. The Morgan fingerprint density at radius 1 is 1.42 bits per heavy atom. The van der Waals surface area contributed by atoms with Crippen LogP contribution in [0.3, 0.4) is 0 Å². The second-order valence-electron chi connectivity index (χ2n) is 4.18. The number of rotatable bonds is 6. The minimum Gasteiger partial charge on any atom is -0.480 e. The molecular weight excluding hydrogens is 250 g/mol. The van der Waals surface area contributed by atoms with Crippen LogP contribution in [-0.4, -0.2) is 42.1 Å². The minimum atomic E-state index is -0.980. The largest absolute Gasteiger partial charge is 0.480 e. The maximum Gasteiger partial charge on any atom is 0.320 e. The van der Waals surface area contributed by atoms with Crippen LogP contribution < -0.4 is 11.5 Å². The Labute approximate surface area is 108 Å². The highest BCUT2D eigenvalue weighted by molar-refractivity contribution is 5.80. The Morgan fingerprint density at radius 2 is 2.21 bits per heavy atom. The molecular formula is C10H15N7O2. The van der Waals surface area contributed by atoms with Gasteiger partial charge in [-0.05, 0) is 19.3 Å². The summed E-state index contributed by atoms with van der Waals surface area (Å²) in [6, 6.07) is -0.814. The maximum absolute atomic E-state index is 10.6. The van der Waals surface area contributed by atoms with Gasteiger partial charge in [0.1, 0.15) is 12.4 Å². The van der Waals surface area contributed by atoms with Crippen LogP contribution >= 0.6 is 0 Å². The number of anilines is 1. The fourth-order valence-corrected chi connectivity index (χ4v) is 1.71. The molecule has 0 spiro atoms. The number of carboxylic acid groups (broad SMARTS) is 1. The van der Waals surface area contributed by atoms with Crippen LogP contribution in [0.5, 0.6) is 0 Å². The number of aliphatic carboxylic acids is 1. The van der Waals surface area contributed by atoms with Crippen molar-refractivity contribution in [1.82, 2.24) is 25.0 Å². The SMILES string of the molecule is Nc1ncnc2c1nnn2CCCCC(N)C(=O)O. The van der Waals surface area contributed by atoms with E-state index in [1.54, 1.807) is 4.68 Å². The van der Waals surface area contributed by atoms with Gasteiger partial charge in [-0.15, -0.1) is 5.10 Å². The van der Waals surface area contributed by atoms with Gasteiger partial charge in [0.05, 0.1) is 0 Å². The summed E-state index contributed by atoms with van der Waals surface area (Å²) in [6.07, 6.45) is 3.22. The van der Waals surface area contributed by atoms with E-state index in [0.29, 0.717) is 36.4 Å². The van der Waals surface area contributed by atoms with Gasteiger partial charge in [-0.2, -0.15) is 0 Å². The first-order valence-corrected chi connectivity index (χ1v) is 5.87. The molecule has 19 heavy (non-hydrogen) atoms. The van der Waals surface area contributed by atoms with E-state index in [1.807, 2.05) is 0 Å². The first-order valence-electron chi connectivity index (χ1n) is 5.87. The van der Waals surface area contributed by atoms with E-state index >= 15 is 0 Å². The summed E-state index contributed by atoms with van der Waals surface area (Å²) in [4.78, 5) is 18.5. The first kappa shape index (κ1) is 13.1. The van der Waals surface area contributed by atoms with Crippen LogP contribution in [0.25, 0.3) is 11.2 Å². The molecule has 2 aromatic heterocycles. The van der Waals surface area contributed by atoms with E-state index < -0.39 is 12.0 Å². The van der Waals surface area contributed by atoms with Crippen molar-refractivity contribution in [2.24, 2.45) is 5.73 Å². The number of carbonyl (C=O) groups is 1. The second kappa shape index (κ2) is 5.57. The molecule has 1 unspecified atom stereocenters. The molecule has 1 atom stereocenters. The molecule has 0 radical (unpaired) electrons. The number of aryl methyl sites for hydroxylation is 1. The molecule has 9 nitrogen and oxygen atoms in total. The first-order chi connectivity index (χ1) is 9.09. The zero-order valence-electron chi connectivity index (χ0n) is 10.2. The van der Waals surface area contributed by atoms with E-state index in [4.69, 9.17) is 16.6 Å². The van der Waals surface area contributed by atoms with Crippen molar-refractivity contribution in [2.45, 2.75) is 31.8 Å². The van der Waals surface area contributed by atoms with Crippen LogP contribution in [0.4, 0.5) is 5.82 Å². The minimum absolute atomic E-state index is 0.296. The fourth-order valence-electron chi connectivity index (χ4n) is 1.71. The van der Waals surface area contributed by atoms with Gasteiger partial charge in [-0.25, -0.2) is 14.6 Å². The highest BCUT2D eigenvalue weighted by atomic mass is 16.4. The van der Waals surface area contributed by atoms with Crippen molar-refractivity contribution in [3.8, 4) is 0 Å². The molecule has 102 valence electrons. The quantitative estimate of drug-likeness (QED) is 0.586. The van der Waals surface area contributed by atoms with Gasteiger partial charge in [0.15, 0.2) is 17.0 Å². The Morgan fingerprint density at radius 3 is 2.95 bits per heavy atom. The third-order valence-corrected chi connectivity index (χ3v) is 2.78. The average Bonchev–Trinajstić information content (AvgIpc) is 2.79. The van der Waals surface area contributed by atoms with E-state index in [0.717, 1.165) is 6.42 Å². The summed E-state index contributed by atoms with van der Waals surface area (Å²) in [5.41, 5.74) is 12.1. The molecule has 0 aliphatic heterocycles. The number of aromatic nitrogens is 5. The lowest BCUT2D eigenvalue weighted by Gasteiger charge is -2.05. The van der Waals surface area contributed by atoms with Gasteiger partial charge < -0.3 is 16.6 Å². The number of nitrogen functional groups attached to an aromatic ring is 1. The molecule has 9 heteroatoms. The van der Waals surface area contributed by atoms with E-state index in [2.05, 4.69) is 20.3 Å². The molecule has 2 rings (SSSR count). The molecule has 0 aromatic carbocycles. The van der Waals surface area contributed by atoms with Gasteiger partial charge in [0.2, 0.25) is 0 Å². The molecule has 0 bridgehead atoms. The summed E-state index contributed by atoms with van der Waals surface area (Å²) in [5.74, 6) is -0.684. The van der Waals surface area contributed by atoms with Crippen molar-refractivity contribution in [1.29, 1.82) is 0 Å². The fraction of sp³-hybridized carbons (Fsp3) is 0.500. The highest BCUT2D eigenvalue weighted by Gasteiger charge is 2.12. The number of hydrogen-bond acceptors (Lipinski definition) is 7. The monoisotopic (exact) mass is 265 g/mol. The number of nitrogens with zero attached hydrogens (tertiary/aromatic N) is 5. The average molecular weight is 265 g/mol. The summed E-state index contributed by atoms with van der Waals surface area (Å²) in [6.45, 7) is 0.583. The standard InChI is InChI=1S/C10H15N7O2/c11-6(10(18)19)3-1-2-4-17-9-7(15-16-17)8(12)13-5-14-9/h5-6H,1-4,11H2,(H,18,19)(H2,12,13,14). The Bertz CT molecular complexity index is 582. The molecule has 2 aromatic rings. The van der Waals surface area contributed by atoms with Gasteiger partial charge in [-0.3, -0.25) is 4.79 Å². The van der Waals surface area contributed by atoms with Crippen LogP contribution in [0.2, 0.25) is 0 Å². The molecule has 0 amide bonds. The predicted molar refractivity (Wildman–Crippen MR) is 67.0 cm³/mol. The van der Waals surface area contributed by atoms with E-state index in [-0.39, 0.29) is 0 Å². The van der Waals surface area contributed by atoms with Gasteiger partial charge >= 0.3 is 5.97 Å². The van der Waals surface area contributed by atoms with Gasteiger partial charge in [0.25, 0.3) is 0 Å². The lowest BCUT2D eigenvalue weighted by molar-refractivity contribution is -0.138. The van der Waals surface area contributed by atoms with Gasteiger partial charge in [-0.1, -0.05) is 5.21 Å². The van der Waals surface area contributed by atoms with E-state index in [9.17, 15) is 4.79 Å². The van der Waals surface area contributed by atoms with Crippen molar-refractivity contribution in [2.75, 3.05) is 5.73 Å². The Hall–Kier alpha value is -2.29. The number of carboxylic acids is 1. The number of fused-ring (bicyclic) bond motifs is 1. The van der Waals surface area contributed by atoms with E-state index in [1.165, 1.54) is 6.33 Å². The van der Waals surface area contributed by atoms with Crippen LogP contribution in [0, 0.1) is 0 Å². The normalized spacial score (nSPS) is 12.7. The number of hydrogen-bond donors (Lipinski definition) is 3. The molecule has 0 aliphatic carbocycles. The van der Waals surface area contributed by atoms with Crippen molar-refractivity contribution in [3.05, 3.63) is 6.33 Å². The summed E-state index contributed by atoms with van der Waals surface area (Å²) < 4.78 is 1.62. The van der Waals surface area contributed by atoms with Crippen LogP contribution in [-0.2, 0) is 11.3 Å². The van der Waals surface area contributed by atoms with Crippen LogP contribution in [0.1, 0.15) is 19.3 Å². The third-order valence-electron chi connectivity index (χ3n) is 2.78. The van der Waals surface area contributed by atoms with Crippen molar-refractivity contribution in [3.63, 3.8) is 0 Å². The lowest BCUT2D eigenvalue weighted by atomic mass is 10.1. The molecule has 0 aliphatic rings. The Balaban J connectivity index is 1.92. The number of nitrogens with two attached hydrogens (primary N) is 2. The Kier molecular flexibility index (Phi) is 3.85. The molecule has 0 fully saturated rings. The zero-order valence-corrected chi connectivity index (χ0v) is 10.2. The number of unbranched alkanes of at least 4 members (excludes halogenated alkanes) is 1. The van der Waals surface area contributed by atoms with Crippen LogP contribution in [0.15, 0.2) is 6.33 Å².